The Bertz CT molecular complexity index is 567. The Hall–Kier alpha value is -0.560. The average molecular weight is 421 g/mol. The second-order valence-corrected chi connectivity index (χ2v) is 7.41. The molecule has 108 valence electrons. The first-order valence-corrected chi connectivity index (χ1v) is 8.58. The summed E-state index contributed by atoms with van der Waals surface area (Å²) >= 11 is 8.65. The molecule has 2 N–H and O–H groups in total. The highest BCUT2D eigenvalue weighted by Crippen LogP contribution is 2.33. The summed E-state index contributed by atoms with van der Waals surface area (Å²) in [6.07, 6.45) is 0. The number of anilines is 1. The molecule has 1 aromatic heterocycles. The summed E-state index contributed by atoms with van der Waals surface area (Å²) in [5, 5.41) is 12.7. The van der Waals surface area contributed by atoms with Gasteiger partial charge in [-0.15, -0.1) is 11.3 Å². The highest BCUT2D eigenvalue weighted by Gasteiger charge is 2.06. The van der Waals surface area contributed by atoms with E-state index in [1.165, 1.54) is 4.88 Å². The van der Waals surface area contributed by atoms with Gasteiger partial charge in [0, 0.05) is 27.1 Å². The van der Waals surface area contributed by atoms with Gasteiger partial charge in [-0.25, -0.2) is 0 Å². The summed E-state index contributed by atoms with van der Waals surface area (Å²) in [6, 6.07) is 7.85. The van der Waals surface area contributed by atoms with Crippen LogP contribution in [0.25, 0.3) is 0 Å². The molecular formula is C14H15Br2NO2S. The fraction of sp³-hybridized carbons (Fsp3) is 0.286. The maximum Gasteiger partial charge on any atom is 0.124 e. The molecule has 2 aromatic rings. The van der Waals surface area contributed by atoms with E-state index >= 15 is 0 Å². The molecule has 1 heterocycles. The van der Waals surface area contributed by atoms with Crippen molar-refractivity contribution in [2.45, 2.75) is 20.1 Å². The molecule has 0 spiro atoms. The van der Waals surface area contributed by atoms with Gasteiger partial charge >= 0.3 is 0 Å². The van der Waals surface area contributed by atoms with E-state index in [1.54, 1.807) is 11.3 Å². The van der Waals surface area contributed by atoms with Crippen molar-refractivity contribution in [3.63, 3.8) is 0 Å². The molecule has 3 nitrogen and oxygen atoms in total. The minimum absolute atomic E-state index is 0.0268. The molecular weight excluding hydrogens is 406 g/mol. The molecule has 0 radical (unpaired) electrons. The molecule has 0 fully saturated rings. The molecule has 20 heavy (non-hydrogen) atoms. The van der Waals surface area contributed by atoms with Crippen LogP contribution < -0.4 is 10.1 Å². The number of hydrogen-bond acceptors (Lipinski definition) is 4. The molecule has 1 aromatic carbocycles. The van der Waals surface area contributed by atoms with Crippen molar-refractivity contribution in [3.05, 3.63) is 43.0 Å². The van der Waals surface area contributed by atoms with Gasteiger partial charge in [0.25, 0.3) is 0 Å². The van der Waals surface area contributed by atoms with Crippen LogP contribution in [0.15, 0.2) is 32.5 Å². The maximum absolute atomic E-state index is 9.38. The maximum atomic E-state index is 9.38. The van der Waals surface area contributed by atoms with E-state index in [-0.39, 0.29) is 6.61 Å². The summed E-state index contributed by atoms with van der Waals surface area (Å²) in [5.41, 5.74) is 1.77. The topological polar surface area (TPSA) is 41.5 Å². The van der Waals surface area contributed by atoms with Crippen LogP contribution in [0.4, 0.5) is 5.69 Å². The van der Waals surface area contributed by atoms with Crippen molar-refractivity contribution in [1.29, 1.82) is 0 Å². The fourth-order valence-electron chi connectivity index (χ4n) is 1.78. The molecule has 0 atom stereocenters. The Morgan fingerprint density at radius 2 is 2.10 bits per heavy atom. The Morgan fingerprint density at radius 1 is 1.30 bits per heavy atom. The highest BCUT2D eigenvalue weighted by atomic mass is 79.9. The van der Waals surface area contributed by atoms with Gasteiger partial charge in [-0.1, -0.05) is 0 Å². The summed E-state index contributed by atoms with van der Waals surface area (Å²) in [5.74, 6) is 0.738. The molecule has 2 rings (SSSR count). The Morgan fingerprint density at radius 3 is 2.70 bits per heavy atom. The lowest BCUT2D eigenvalue weighted by atomic mass is 10.2. The van der Waals surface area contributed by atoms with Gasteiger partial charge in [-0.2, -0.15) is 0 Å². The van der Waals surface area contributed by atoms with Crippen LogP contribution in [0, 0.1) is 0 Å². The molecule has 0 aliphatic carbocycles. The molecule has 6 heteroatoms. The molecule has 0 saturated carbocycles. The van der Waals surface area contributed by atoms with E-state index in [0.717, 1.165) is 31.8 Å². The van der Waals surface area contributed by atoms with E-state index < -0.39 is 0 Å². The Kier molecular flexibility index (Phi) is 5.89. The number of aliphatic hydroxyl groups is 1. The summed E-state index contributed by atoms with van der Waals surface area (Å²) in [7, 11) is 0. The third-order valence-electron chi connectivity index (χ3n) is 2.69. The van der Waals surface area contributed by atoms with Crippen molar-refractivity contribution < 1.29 is 9.84 Å². The van der Waals surface area contributed by atoms with Crippen LogP contribution in [0.1, 0.15) is 17.4 Å². The summed E-state index contributed by atoms with van der Waals surface area (Å²) in [4.78, 5) is 1.23. The van der Waals surface area contributed by atoms with Crippen molar-refractivity contribution >= 4 is 48.9 Å². The lowest BCUT2D eigenvalue weighted by Crippen LogP contribution is -2.01. The molecule has 0 bridgehead atoms. The Labute approximate surface area is 139 Å². The lowest BCUT2D eigenvalue weighted by molar-refractivity contribution is 0.267. The highest BCUT2D eigenvalue weighted by molar-refractivity contribution is 9.13. The predicted octanol–water partition coefficient (Wildman–Crippen LogP) is 4.78. The van der Waals surface area contributed by atoms with Gasteiger partial charge in [-0.05, 0) is 63.0 Å². The van der Waals surface area contributed by atoms with Gasteiger partial charge < -0.3 is 15.2 Å². The van der Waals surface area contributed by atoms with Gasteiger partial charge in [0.15, 0.2) is 0 Å². The Balaban J connectivity index is 2.06. The van der Waals surface area contributed by atoms with Crippen molar-refractivity contribution in [2.24, 2.45) is 0 Å². The molecule has 0 aliphatic heterocycles. The number of rotatable bonds is 6. The van der Waals surface area contributed by atoms with Gasteiger partial charge in [0.2, 0.25) is 0 Å². The molecule has 0 unspecified atom stereocenters. The van der Waals surface area contributed by atoms with Crippen LogP contribution >= 0.6 is 43.2 Å². The van der Waals surface area contributed by atoms with Gasteiger partial charge in [0.1, 0.15) is 5.75 Å². The quantitative estimate of drug-likeness (QED) is 0.706. The zero-order valence-electron chi connectivity index (χ0n) is 11.0. The first-order valence-electron chi connectivity index (χ1n) is 6.18. The third kappa shape index (κ3) is 3.97. The van der Waals surface area contributed by atoms with Crippen LogP contribution in [0.2, 0.25) is 0 Å². The van der Waals surface area contributed by atoms with Crippen molar-refractivity contribution in [2.75, 3.05) is 11.9 Å². The van der Waals surface area contributed by atoms with Crippen LogP contribution in [-0.2, 0) is 13.2 Å². The van der Waals surface area contributed by atoms with Crippen LogP contribution in [0.3, 0.4) is 0 Å². The number of nitrogens with one attached hydrogen (secondary N) is 1. The normalized spacial score (nSPS) is 10.6. The van der Waals surface area contributed by atoms with E-state index in [2.05, 4.69) is 43.2 Å². The second kappa shape index (κ2) is 7.45. The number of halogens is 2. The number of ether oxygens (including phenoxy) is 1. The first-order chi connectivity index (χ1) is 9.63. The van der Waals surface area contributed by atoms with E-state index in [1.807, 2.05) is 25.1 Å². The zero-order chi connectivity index (χ0) is 14.5. The standard InChI is InChI=1S/C14H15Br2NO2S/c1-2-19-13-4-3-10(5-9(13)8-18)17-7-11-6-12(15)14(16)20-11/h3-6,17-18H,2,7-8H2,1H3. The summed E-state index contributed by atoms with van der Waals surface area (Å²) in [6.45, 7) is 3.24. The van der Waals surface area contributed by atoms with E-state index in [9.17, 15) is 5.11 Å². The second-order valence-electron chi connectivity index (χ2n) is 4.10. The molecule has 0 amide bonds. The molecule has 0 aliphatic rings. The first kappa shape index (κ1) is 15.8. The smallest absolute Gasteiger partial charge is 0.124 e. The van der Waals surface area contributed by atoms with Gasteiger partial charge in [-0.3, -0.25) is 0 Å². The SMILES string of the molecule is CCOc1ccc(NCc2cc(Br)c(Br)s2)cc1CO. The number of hydrogen-bond donors (Lipinski definition) is 2. The van der Waals surface area contributed by atoms with Crippen molar-refractivity contribution in [1.82, 2.24) is 0 Å². The van der Waals surface area contributed by atoms with Crippen LogP contribution in [0.5, 0.6) is 5.75 Å². The van der Waals surface area contributed by atoms with Crippen molar-refractivity contribution in [3.8, 4) is 5.75 Å². The lowest BCUT2D eigenvalue weighted by Gasteiger charge is -2.11. The predicted molar refractivity (Wildman–Crippen MR) is 90.6 cm³/mol. The van der Waals surface area contributed by atoms with Gasteiger partial charge in [0.05, 0.1) is 17.0 Å². The zero-order valence-corrected chi connectivity index (χ0v) is 14.9. The third-order valence-corrected chi connectivity index (χ3v) is 5.95. The minimum Gasteiger partial charge on any atom is -0.494 e. The monoisotopic (exact) mass is 419 g/mol. The average Bonchev–Trinajstić information content (AvgIpc) is 2.77. The number of aliphatic hydroxyl groups excluding tert-OH is 1. The number of thiophene rings is 1. The summed E-state index contributed by atoms with van der Waals surface area (Å²) < 4.78 is 7.63. The fourth-order valence-corrected chi connectivity index (χ4v) is 3.89. The van der Waals surface area contributed by atoms with E-state index in [0.29, 0.717) is 6.61 Å². The minimum atomic E-state index is -0.0268. The molecule has 0 saturated heterocycles. The van der Waals surface area contributed by atoms with Crippen LogP contribution in [-0.4, -0.2) is 11.7 Å². The largest absolute Gasteiger partial charge is 0.494 e. The number of benzene rings is 1. The van der Waals surface area contributed by atoms with E-state index in [4.69, 9.17) is 4.74 Å².